The van der Waals surface area contributed by atoms with Crippen LogP contribution in [0.15, 0.2) is 35.0 Å². The summed E-state index contributed by atoms with van der Waals surface area (Å²) in [5.74, 6) is 0.430. The molecule has 0 aliphatic rings. The molecule has 3 heterocycles. The first-order valence-electron chi connectivity index (χ1n) is 6.74. The zero-order valence-corrected chi connectivity index (χ0v) is 12.2. The molecule has 9 heteroatoms. The number of halogens is 3. The first kappa shape index (κ1) is 15.2. The standard InChI is InChI=1S/C14H12F3N5O/c1-8-4-3-5-10(18-8)12-19-13(23-21-12)9(2)22-7-6-11(20-22)14(15,16)17/h3-7,9H,1-2H3. The highest BCUT2D eigenvalue weighted by molar-refractivity contribution is 5.48. The van der Waals surface area contributed by atoms with Gasteiger partial charge in [-0.3, -0.25) is 4.68 Å². The fourth-order valence-corrected chi connectivity index (χ4v) is 1.99. The smallest absolute Gasteiger partial charge is 0.337 e. The summed E-state index contributed by atoms with van der Waals surface area (Å²) in [6.07, 6.45) is -3.27. The Kier molecular flexibility index (Phi) is 3.63. The Labute approximate surface area is 129 Å². The second-order valence-corrected chi connectivity index (χ2v) is 4.98. The lowest BCUT2D eigenvalue weighted by Gasteiger charge is -2.07. The molecule has 3 rings (SSSR count). The molecule has 120 valence electrons. The quantitative estimate of drug-likeness (QED) is 0.740. The molecule has 3 aromatic rings. The second-order valence-electron chi connectivity index (χ2n) is 4.98. The van der Waals surface area contributed by atoms with Crippen LogP contribution in [0.2, 0.25) is 0 Å². The van der Waals surface area contributed by atoms with Crippen LogP contribution in [0.5, 0.6) is 0 Å². The van der Waals surface area contributed by atoms with Crippen molar-refractivity contribution in [2.75, 3.05) is 0 Å². The maximum Gasteiger partial charge on any atom is 0.435 e. The normalized spacial score (nSPS) is 13.3. The summed E-state index contributed by atoms with van der Waals surface area (Å²) >= 11 is 0. The van der Waals surface area contributed by atoms with Crippen LogP contribution >= 0.6 is 0 Å². The first-order chi connectivity index (χ1) is 10.8. The van der Waals surface area contributed by atoms with Gasteiger partial charge in [0.2, 0.25) is 5.82 Å². The lowest BCUT2D eigenvalue weighted by Crippen LogP contribution is -2.11. The van der Waals surface area contributed by atoms with Crippen molar-refractivity contribution in [1.29, 1.82) is 0 Å². The Balaban J connectivity index is 1.86. The number of nitrogens with zero attached hydrogens (tertiary/aromatic N) is 5. The van der Waals surface area contributed by atoms with Crippen LogP contribution in [0, 0.1) is 6.92 Å². The van der Waals surface area contributed by atoms with Gasteiger partial charge in [-0.1, -0.05) is 11.2 Å². The molecular formula is C14H12F3N5O. The van der Waals surface area contributed by atoms with E-state index in [0.29, 0.717) is 5.69 Å². The van der Waals surface area contributed by atoms with E-state index in [2.05, 4.69) is 20.2 Å². The molecule has 0 aromatic carbocycles. The summed E-state index contributed by atoms with van der Waals surface area (Å²) in [5.41, 5.74) is 0.358. The second kappa shape index (κ2) is 5.49. The van der Waals surface area contributed by atoms with Crippen LogP contribution < -0.4 is 0 Å². The minimum Gasteiger partial charge on any atom is -0.337 e. The summed E-state index contributed by atoms with van der Waals surface area (Å²) in [5, 5.41) is 7.32. The topological polar surface area (TPSA) is 69.6 Å². The van der Waals surface area contributed by atoms with E-state index >= 15 is 0 Å². The molecule has 1 atom stereocenters. The Hall–Kier alpha value is -2.71. The van der Waals surface area contributed by atoms with Gasteiger partial charge in [0.1, 0.15) is 11.7 Å². The molecule has 0 bridgehead atoms. The van der Waals surface area contributed by atoms with Gasteiger partial charge in [0.05, 0.1) is 0 Å². The maximum absolute atomic E-state index is 12.6. The summed E-state index contributed by atoms with van der Waals surface area (Å²) in [6.45, 7) is 3.45. The lowest BCUT2D eigenvalue weighted by molar-refractivity contribution is -0.141. The van der Waals surface area contributed by atoms with Crippen molar-refractivity contribution < 1.29 is 17.7 Å². The molecule has 23 heavy (non-hydrogen) atoms. The highest BCUT2D eigenvalue weighted by Crippen LogP contribution is 2.28. The fourth-order valence-electron chi connectivity index (χ4n) is 1.99. The van der Waals surface area contributed by atoms with Crippen LogP contribution in [-0.4, -0.2) is 24.9 Å². The predicted octanol–water partition coefficient (Wildman–Crippen LogP) is 3.26. The van der Waals surface area contributed by atoms with Crippen molar-refractivity contribution in [1.82, 2.24) is 24.9 Å². The average Bonchev–Trinajstić information content (AvgIpc) is 3.16. The molecule has 0 aliphatic heterocycles. The van der Waals surface area contributed by atoms with E-state index in [4.69, 9.17) is 4.52 Å². The van der Waals surface area contributed by atoms with E-state index < -0.39 is 17.9 Å². The van der Waals surface area contributed by atoms with Crippen molar-refractivity contribution >= 4 is 0 Å². The van der Waals surface area contributed by atoms with Crippen molar-refractivity contribution in [3.8, 4) is 11.5 Å². The molecule has 0 saturated carbocycles. The first-order valence-corrected chi connectivity index (χ1v) is 6.74. The number of aryl methyl sites for hydroxylation is 1. The van der Waals surface area contributed by atoms with Gasteiger partial charge in [-0.2, -0.15) is 23.3 Å². The number of pyridine rings is 1. The van der Waals surface area contributed by atoms with Crippen LogP contribution in [0.4, 0.5) is 13.2 Å². The Morgan fingerprint density at radius 1 is 1.17 bits per heavy atom. The van der Waals surface area contributed by atoms with E-state index in [1.165, 1.54) is 6.20 Å². The number of alkyl halides is 3. The highest BCUT2D eigenvalue weighted by atomic mass is 19.4. The van der Waals surface area contributed by atoms with Gasteiger partial charge in [-0.05, 0) is 32.0 Å². The molecule has 0 spiro atoms. The minimum atomic E-state index is -4.49. The summed E-state index contributed by atoms with van der Waals surface area (Å²) in [6, 6.07) is 5.63. The van der Waals surface area contributed by atoms with Crippen LogP contribution in [-0.2, 0) is 6.18 Å². The van der Waals surface area contributed by atoms with Crippen molar-refractivity contribution in [3.05, 3.63) is 47.7 Å². The minimum absolute atomic E-state index is 0.153. The average molecular weight is 323 g/mol. The molecule has 6 nitrogen and oxygen atoms in total. The summed E-state index contributed by atoms with van der Waals surface area (Å²) in [4.78, 5) is 8.46. The molecule has 3 aromatic heterocycles. The van der Waals surface area contributed by atoms with E-state index in [9.17, 15) is 13.2 Å². The molecule has 0 saturated heterocycles. The molecule has 0 radical (unpaired) electrons. The van der Waals surface area contributed by atoms with Gasteiger partial charge in [-0.15, -0.1) is 0 Å². The SMILES string of the molecule is Cc1cccc(-c2noc(C(C)n3ccc(C(F)(F)F)n3)n2)n1. The van der Waals surface area contributed by atoms with Gasteiger partial charge in [0.25, 0.3) is 5.89 Å². The third-order valence-electron chi connectivity index (χ3n) is 3.21. The number of hydrogen-bond acceptors (Lipinski definition) is 5. The molecule has 0 aliphatic carbocycles. The molecule has 1 unspecified atom stereocenters. The highest BCUT2D eigenvalue weighted by Gasteiger charge is 2.34. The Morgan fingerprint density at radius 3 is 2.61 bits per heavy atom. The summed E-state index contributed by atoms with van der Waals surface area (Å²) in [7, 11) is 0. The van der Waals surface area contributed by atoms with E-state index in [1.807, 2.05) is 13.0 Å². The van der Waals surface area contributed by atoms with E-state index in [0.717, 1.165) is 16.4 Å². The van der Waals surface area contributed by atoms with Crippen molar-refractivity contribution in [3.63, 3.8) is 0 Å². The molecule has 0 amide bonds. The zero-order valence-electron chi connectivity index (χ0n) is 12.2. The van der Waals surface area contributed by atoms with Gasteiger partial charge in [-0.25, -0.2) is 4.98 Å². The monoisotopic (exact) mass is 323 g/mol. The molecule has 0 fully saturated rings. The number of hydrogen-bond donors (Lipinski definition) is 0. The lowest BCUT2D eigenvalue weighted by atomic mass is 10.3. The van der Waals surface area contributed by atoms with Gasteiger partial charge in [0, 0.05) is 11.9 Å². The number of aromatic nitrogens is 5. The summed E-state index contributed by atoms with van der Waals surface area (Å²) < 4.78 is 44.0. The van der Waals surface area contributed by atoms with E-state index in [1.54, 1.807) is 19.1 Å². The van der Waals surface area contributed by atoms with Gasteiger partial charge < -0.3 is 4.52 Å². The maximum atomic E-state index is 12.6. The van der Waals surface area contributed by atoms with Gasteiger partial charge >= 0.3 is 6.18 Å². The molecular weight excluding hydrogens is 311 g/mol. The fraction of sp³-hybridized carbons (Fsp3) is 0.286. The Bertz CT molecular complexity index is 824. The van der Waals surface area contributed by atoms with Crippen molar-refractivity contribution in [2.24, 2.45) is 0 Å². The number of rotatable bonds is 3. The van der Waals surface area contributed by atoms with Crippen molar-refractivity contribution in [2.45, 2.75) is 26.1 Å². The van der Waals surface area contributed by atoms with Crippen LogP contribution in [0.25, 0.3) is 11.5 Å². The van der Waals surface area contributed by atoms with Gasteiger partial charge in [0.15, 0.2) is 5.69 Å². The van der Waals surface area contributed by atoms with Crippen LogP contribution in [0.1, 0.15) is 30.2 Å². The molecule has 0 N–H and O–H groups in total. The predicted molar refractivity (Wildman–Crippen MR) is 73.3 cm³/mol. The Morgan fingerprint density at radius 2 is 1.96 bits per heavy atom. The third kappa shape index (κ3) is 3.08. The largest absolute Gasteiger partial charge is 0.435 e. The zero-order chi connectivity index (χ0) is 16.6. The van der Waals surface area contributed by atoms with E-state index in [-0.39, 0.29) is 11.7 Å². The third-order valence-corrected chi connectivity index (χ3v) is 3.21. The van der Waals surface area contributed by atoms with Crippen LogP contribution in [0.3, 0.4) is 0 Å².